The molecule has 16 heavy (non-hydrogen) atoms. The summed E-state index contributed by atoms with van der Waals surface area (Å²) in [7, 11) is -1.62. The molecule has 0 bridgehead atoms. The van der Waals surface area contributed by atoms with Gasteiger partial charge in [-0.15, -0.1) is 11.3 Å². The van der Waals surface area contributed by atoms with E-state index in [-0.39, 0.29) is 0 Å². The molecule has 2 rings (SSSR count). The number of benzene rings is 1. The molecule has 0 aliphatic rings. The van der Waals surface area contributed by atoms with E-state index < -0.39 is 8.41 Å². The molecule has 0 amide bonds. The van der Waals surface area contributed by atoms with Crippen LogP contribution in [0.25, 0.3) is 10.1 Å². The second-order valence-corrected chi connectivity index (χ2v) is 5.32. The predicted octanol–water partition coefficient (Wildman–Crippen LogP) is 4.97. The van der Waals surface area contributed by atoms with Gasteiger partial charge in [0.2, 0.25) is 0 Å². The third kappa shape index (κ3) is 3.13. The fourth-order valence-corrected chi connectivity index (χ4v) is 2.62. The van der Waals surface area contributed by atoms with E-state index in [2.05, 4.69) is 44.4 Å². The van der Waals surface area contributed by atoms with Crippen LogP contribution in [0, 0.1) is 6.92 Å². The smallest absolute Gasteiger partial charge is 0.144 e. The highest BCUT2D eigenvalue weighted by Crippen LogP contribution is 2.28. The van der Waals surface area contributed by atoms with Gasteiger partial charge in [-0.05, 0) is 52.9 Å². The van der Waals surface area contributed by atoms with Gasteiger partial charge in [0.15, 0.2) is 0 Å². The number of hydrogen-bond acceptors (Lipinski definition) is 2. The molecule has 1 heterocycles. The topological polar surface area (TPSA) is 17.1 Å². The van der Waals surface area contributed by atoms with Crippen molar-refractivity contribution in [2.45, 2.75) is 26.7 Å². The number of hydrogen-bond donors (Lipinski definition) is 0. The van der Waals surface area contributed by atoms with E-state index in [0.29, 0.717) is 5.92 Å². The van der Waals surface area contributed by atoms with Crippen LogP contribution in [0.3, 0.4) is 0 Å². The van der Waals surface area contributed by atoms with E-state index in [9.17, 15) is 4.57 Å². The van der Waals surface area contributed by atoms with Crippen LogP contribution in [0.2, 0.25) is 0 Å². The van der Waals surface area contributed by atoms with Crippen molar-refractivity contribution in [2.24, 2.45) is 0 Å². The Morgan fingerprint density at radius 1 is 1.44 bits per heavy atom. The van der Waals surface area contributed by atoms with Crippen molar-refractivity contribution in [2.75, 3.05) is 6.66 Å². The van der Waals surface area contributed by atoms with Crippen molar-refractivity contribution in [1.82, 2.24) is 0 Å². The zero-order valence-corrected chi connectivity index (χ0v) is 11.9. The third-order valence-electron chi connectivity index (χ3n) is 2.46. The van der Waals surface area contributed by atoms with Gasteiger partial charge in [-0.1, -0.05) is 18.4 Å². The Kier molecular flexibility index (Phi) is 4.50. The number of thiophene rings is 1. The Morgan fingerprint density at radius 3 is 2.62 bits per heavy atom. The van der Waals surface area contributed by atoms with Crippen LogP contribution in [0.4, 0.5) is 0 Å². The zero-order valence-electron chi connectivity index (χ0n) is 11.2. The quantitative estimate of drug-likeness (QED) is 0.657. The first-order chi connectivity index (χ1) is 7.91. The molecule has 0 N–H and O–H groups in total. The van der Waals surface area contributed by atoms with Crippen molar-refractivity contribution >= 4 is 29.8 Å². The lowest BCUT2D eigenvalue weighted by Crippen LogP contribution is -1.90. The molecule has 1 aromatic heterocycles. The van der Waals surface area contributed by atoms with Gasteiger partial charge in [0.1, 0.15) is 6.66 Å². The van der Waals surface area contributed by atoms with Crippen LogP contribution in [-0.4, -0.2) is 7.94 Å². The highest BCUT2D eigenvalue weighted by Gasteiger charge is 2.05. The monoisotopic (exact) mass is 255 g/mol. The van der Waals surface area contributed by atoms with Crippen molar-refractivity contribution < 1.29 is 4.57 Å². The molecule has 1 atom stereocenters. The third-order valence-corrected chi connectivity index (χ3v) is 3.34. The highest BCUT2D eigenvalue weighted by molar-refractivity contribution is 7.22. The molecule has 1 nitrogen and oxygen atoms in total. The molecular weight excluding hydrogens is 235 g/mol. The summed E-state index contributed by atoms with van der Waals surface area (Å²) in [5.74, 6) is 0.629. The van der Waals surface area contributed by atoms with Crippen LogP contribution in [-0.2, 0) is 4.57 Å². The molecule has 0 fully saturated rings. The van der Waals surface area contributed by atoms with E-state index in [1.165, 1.54) is 27.9 Å². The fourth-order valence-electron chi connectivity index (χ4n) is 1.75. The van der Waals surface area contributed by atoms with E-state index in [1.54, 1.807) is 0 Å². The molecule has 0 aliphatic carbocycles. The number of rotatable bonds is 1. The van der Waals surface area contributed by atoms with Crippen molar-refractivity contribution in [3.8, 4) is 0 Å². The van der Waals surface area contributed by atoms with Crippen LogP contribution >= 0.6 is 19.7 Å². The zero-order chi connectivity index (χ0) is 13.0. The van der Waals surface area contributed by atoms with Gasteiger partial charge in [0.25, 0.3) is 0 Å². The Hall–Kier alpha value is -0.720. The largest absolute Gasteiger partial charge is 0.387 e. The van der Waals surface area contributed by atoms with E-state index in [0.717, 1.165) is 0 Å². The lowest BCUT2D eigenvalue weighted by molar-refractivity contribution is 0.601. The average Bonchev–Trinajstić information content (AvgIpc) is 2.61. The Balaban J connectivity index is 0.000000317. The van der Waals surface area contributed by atoms with Gasteiger partial charge >= 0.3 is 9.68 Å². The normalized spacial score (nSPS) is 12.1. The Bertz CT molecular complexity index is 515. The summed E-state index contributed by atoms with van der Waals surface area (Å²) in [5, 5.41) is 3.55. The predicted molar refractivity (Wildman–Crippen MR) is 75.6 cm³/mol. The van der Waals surface area contributed by atoms with Gasteiger partial charge in [0, 0.05) is 4.70 Å². The molecular formula is C13H18OPS+. The summed E-state index contributed by atoms with van der Waals surface area (Å²) >= 11 is 1.82. The van der Waals surface area contributed by atoms with Gasteiger partial charge in [0.05, 0.1) is 0 Å². The molecule has 86 valence electrons. The molecule has 1 aromatic carbocycles. The highest BCUT2D eigenvalue weighted by atomic mass is 32.1. The number of fused-ring (bicyclic) bond motifs is 1. The van der Waals surface area contributed by atoms with Gasteiger partial charge in [-0.2, -0.15) is 0 Å². The van der Waals surface area contributed by atoms with Gasteiger partial charge in [-0.3, -0.25) is 0 Å². The number of aryl methyl sites for hydroxylation is 1. The second-order valence-electron chi connectivity index (χ2n) is 4.00. The minimum absolute atomic E-state index is 0.629. The van der Waals surface area contributed by atoms with Crippen molar-refractivity contribution in [1.29, 1.82) is 1.28 Å². The fraction of sp³-hybridized carbons (Fsp3) is 0.385. The lowest BCUT2D eigenvalue weighted by Gasteiger charge is -2.09. The average molecular weight is 255 g/mol. The Morgan fingerprint density at radius 2 is 2.06 bits per heavy atom. The van der Waals surface area contributed by atoms with E-state index in [1.807, 2.05) is 11.3 Å². The SMILES string of the molecule is Cc1cc2sccc2cc1C(C)C.[3H][P+](C)=O. The molecule has 3 heteroatoms. The maximum atomic E-state index is 9.26. The van der Waals surface area contributed by atoms with Crippen LogP contribution < -0.4 is 0 Å². The molecule has 0 saturated carbocycles. The standard InChI is InChI=1S/C12H14S.CH3OP/c1-8(2)11-7-10-4-5-13-12(10)6-9(11)3;1-3-2/h4-8H,1-3H3;1H3/p+1/i/hT. The van der Waals surface area contributed by atoms with Crippen molar-refractivity contribution in [3.63, 3.8) is 0 Å². The summed E-state index contributed by atoms with van der Waals surface area (Å²) in [5.41, 5.74) is 2.90. The minimum Gasteiger partial charge on any atom is -0.144 e. The lowest BCUT2D eigenvalue weighted by atomic mass is 9.97. The van der Waals surface area contributed by atoms with Crippen LogP contribution in [0.15, 0.2) is 23.6 Å². The van der Waals surface area contributed by atoms with E-state index in [4.69, 9.17) is 1.28 Å². The molecule has 2 aromatic rings. The summed E-state index contributed by atoms with van der Waals surface area (Å²) in [6, 6.07) is 6.83. The summed E-state index contributed by atoms with van der Waals surface area (Å²) in [4.78, 5) is 0. The first kappa shape index (κ1) is 11.8. The summed E-state index contributed by atoms with van der Waals surface area (Å²) in [6.07, 6.45) is 0. The molecule has 0 saturated heterocycles. The summed E-state index contributed by atoms with van der Waals surface area (Å²) in [6.45, 7) is 8.05. The van der Waals surface area contributed by atoms with E-state index >= 15 is 0 Å². The van der Waals surface area contributed by atoms with Gasteiger partial charge < -0.3 is 0 Å². The van der Waals surface area contributed by atoms with Crippen LogP contribution in [0.5, 0.6) is 0 Å². The maximum Gasteiger partial charge on any atom is 0.387 e. The molecule has 0 spiro atoms. The maximum absolute atomic E-state index is 9.26. The molecule has 0 aliphatic heterocycles. The summed E-state index contributed by atoms with van der Waals surface area (Å²) < 4.78 is 16.8. The first-order valence-electron chi connectivity index (χ1n) is 5.74. The Labute approximate surface area is 104 Å². The van der Waals surface area contributed by atoms with Gasteiger partial charge in [-0.25, -0.2) is 0 Å². The molecule has 0 radical (unpaired) electrons. The second kappa shape index (κ2) is 6.12. The van der Waals surface area contributed by atoms with Crippen LogP contribution in [0.1, 0.15) is 30.9 Å². The first-order valence-corrected chi connectivity index (χ1v) is 7.43. The molecule has 1 unspecified atom stereocenters. The minimum atomic E-state index is -1.62. The van der Waals surface area contributed by atoms with Crippen molar-refractivity contribution in [3.05, 3.63) is 34.7 Å².